The molecule has 0 aliphatic carbocycles. The van der Waals surface area contributed by atoms with E-state index in [1.807, 2.05) is 0 Å². The van der Waals surface area contributed by atoms with Gasteiger partial charge in [-0.15, -0.1) is 0 Å². The van der Waals surface area contributed by atoms with Crippen LogP contribution in [0.3, 0.4) is 0 Å². The number of nitrogens with zero attached hydrogens (tertiary/aromatic N) is 4. The molecule has 4 rings (SSSR count). The Morgan fingerprint density at radius 3 is 2.69 bits per heavy atom. The van der Waals surface area contributed by atoms with Crippen LogP contribution in [0.15, 0.2) is 36.5 Å². The number of carbonyl (C=O) groups is 1. The number of hydrogen-bond donors (Lipinski definition) is 0. The van der Waals surface area contributed by atoms with E-state index in [0.29, 0.717) is 36.0 Å². The topological polar surface area (TPSA) is 59.7 Å². The molecule has 3 heterocycles. The number of aromatic nitrogens is 3. The van der Waals surface area contributed by atoms with Gasteiger partial charge < -0.3 is 9.64 Å². The zero-order chi connectivity index (χ0) is 20.5. The van der Waals surface area contributed by atoms with E-state index in [1.54, 1.807) is 36.3 Å². The molecular weight excluding hydrogens is 378 g/mol. The Labute approximate surface area is 167 Å². The van der Waals surface area contributed by atoms with Crippen molar-refractivity contribution < 1.29 is 18.3 Å². The molecule has 0 saturated carbocycles. The van der Waals surface area contributed by atoms with Crippen molar-refractivity contribution in [1.29, 1.82) is 0 Å². The van der Waals surface area contributed by atoms with Gasteiger partial charge in [0.25, 0.3) is 12.3 Å². The fraction of sp³-hybridized carbons (Fsp3) is 0.381. The van der Waals surface area contributed by atoms with Crippen molar-refractivity contribution in [2.24, 2.45) is 5.92 Å². The Balaban J connectivity index is 1.80. The van der Waals surface area contributed by atoms with Gasteiger partial charge in [-0.25, -0.2) is 18.3 Å². The normalized spacial score (nSPS) is 17.1. The van der Waals surface area contributed by atoms with Crippen molar-refractivity contribution in [3.63, 3.8) is 0 Å². The standard InChI is InChI=1S/C21H22F2N4O2/c1-13-4-3-9-26(12-13)21(28)16-11-24-27-18(19(22)23)10-17(25-20(16)27)14-5-7-15(29-2)8-6-14/h5-8,10-11,13,19H,3-4,9,12H2,1-2H3/t13-/m0/s1. The molecule has 8 heteroatoms. The number of alkyl halides is 2. The average molecular weight is 400 g/mol. The van der Waals surface area contributed by atoms with Crippen LogP contribution in [0.4, 0.5) is 8.78 Å². The molecule has 1 fully saturated rings. The smallest absolute Gasteiger partial charge is 0.280 e. The molecule has 0 radical (unpaired) electrons. The first-order valence-corrected chi connectivity index (χ1v) is 9.58. The number of amides is 1. The highest BCUT2D eigenvalue weighted by atomic mass is 19.3. The summed E-state index contributed by atoms with van der Waals surface area (Å²) in [5.41, 5.74) is 1.11. The summed E-state index contributed by atoms with van der Waals surface area (Å²) in [5.74, 6) is 0.850. The number of carbonyl (C=O) groups excluding carboxylic acids is 1. The van der Waals surface area contributed by atoms with Crippen molar-refractivity contribution in [2.45, 2.75) is 26.2 Å². The number of fused-ring (bicyclic) bond motifs is 1. The molecule has 29 heavy (non-hydrogen) atoms. The number of methoxy groups -OCH3 is 1. The fourth-order valence-electron chi connectivity index (χ4n) is 3.75. The number of ether oxygens (including phenoxy) is 1. The highest BCUT2D eigenvalue weighted by Crippen LogP contribution is 2.28. The number of benzene rings is 1. The van der Waals surface area contributed by atoms with Gasteiger partial charge in [-0.1, -0.05) is 6.92 Å². The summed E-state index contributed by atoms with van der Waals surface area (Å²) in [6.45, 7) is 3.40. The largest absolute Gasteiger partial charge is 0.497 e. The van der Waals surface area contributed by atoms with Crippen LogP contribution in [0.1, 0.15) is 42.2 Å². The first-order chi connectivity index (χ1) is 14.0. The number of halogens is 2. The fourth-order valence-corrected chi connectivity index (χ4v) is 3.75. The van der Waals surface area contributed by atoms with Gasteiger partial charge in [-0.3, -0.25) is 4.79 Å². The molecule has 0 unspecified atom stereocenters. The summed E-state index contributed by atoms with van der Waals surface area (Å²) >= 11 is 0. The maximum atomic E-state index is 13.7. The van der Waals surface area contributed by atoms with Crippen molar-refractivity contribution >= 4 is 11.6 Å². The zero-order valence-corrected chi connectivity index (χ0v) is 16.3. The third-order valence-corrected chi connectivity index (χ3v) is 5.28. The molecule has 152 valence electrons. The van der Waals surface area contributed by atoms with Crippen LogP contribution in [0.2, 0.25) is 0 Å². The molecule has 1 aromatic carbocycles. The van der Waals surface area contributed by atoms with Crippen LogP contribution in [-0.4, -0.2) is 45.6 Å². The van der Waals surface area contributed by atoms with E-state index in [4.69, 9.17) is 4.74 Å². The van der Waals surface area contributed by atoms with Gasteiger partial charge in [-0.2, -0.15) is 5.10 Å². The lowest BCUT2D eigenvalue weighted by Gasteiger charge is -2.30. The van der Waals surface area contributed by atoms with E-state index in [9.17, 15) is 13.6 Å². The van der Waals surface area contributed by atoms with E-state index in [1.165, 1.54) is 12.3 Å². The first kappa shape index (κ1) is 19.3. The monoisotopic (exact) mass is 400 g/mol. The van der Waals surface area contributed by atoms with E-state index in [2.05, 4.69) is 17.0 Å². The highest BCUT2D eigenvalue weighted by Gasteiger charge is 2.27. The molecule has 3 aromatic rings. The van der Waals surface area contributed by atoms with Gasteiger partial charge in [0.15, 0.2) is 5.65 Å². The summed E-state index contributed by atoms with van der Waals surface area (Å²) in [6, 6.07) is 8.28. The van der Waals surface area contributed by atoms with Crippen molar-refractivity contribution in [1.82, 2.24) is 19.5 Å². The molecule has 6 nitrogen and oxygen atoms in total. The molecular formula is C21H22F2N4O2. The van der Waals surface area contributed by atoms with Gasteiger partial charge in [-0.05, 0) is 49.1 Å². The first-order valence-electron chi connectivity index (χ1n) is 9.58. The second-order valence-electron chi connectivity index (χ2n) is 7.39. The predicted octanol–water partition coefficient (Wildman–Crippen LogP) is 4.21. The van der Waals surface area contributed by atoms with Crippen LogP contribution in [0.5, 0.6) is 5.75 Å². The maximum Gasteiger partial charge on any atom is 0.280 e. The van der Waals surface area contributed by atoms with Crippen molar-refractivity contribution in [3.05, 3.63) is 47.8 Å². The van der Waals surface area contributed by atoms with E-state index >= 15 is 0 Å². The third-order valence-electron chi connectivity index (χ3n) is 5.28. The average Bonchev–Trinajstić information content (AvgIpc) is 3.16. The third kappa shape index (κ3) is 3.66. The second kappa shape index (κ2) is 7.77. The number of likely N-dealkylation sites (tertiary alicyclic amines) is 1. The maximum absolute atomic E-state index is 13.7. The minimum absolute atomic E-state index is 0.150. The lowest BCUT2D eigenvalue weighted by Crippen LogP contribution is -2.39. The Morgan fingerprint density at radius 2 is 2.03 bits per heavy atom. The Morgan fingerprint density at radius 1 is 1.28 bits per heavy atom. The molecule has 2 aromatic heterocycles. The second-order valence-corrected chi connectivity index (χ2v) is 7.39. The molecule has 1 aliphatic rings. The van der Waals surface area contributed by atoms with Crippen molar-refractivity contribution in [2.75, 3.05) is 20.2 Å². The quantitative estimate of drug-likeness (QED) is 0.658. The van der Waals surface area contributed by atoms with Crippen LogP contribution >= 0.6 is 0 Å². The van der Waals surface area contributed by atoms with Gasteiger partial charge in [0.2, 0.25) is 0 Å². The minimum Gasteiger partial charge on any atom is -0.497 e. The molecule has 1 saturated heterocycles. The van der Waals surface area contributed by atoms with Crippen molar-refractivity contribution in [3.8, 4) is 17.0 Å². The van der Waals surface area contributed by atoms with Crippen LogP contribution < -0.4 is 4.74 Å². The summed E-state index contributed by atoms with van der Waals surface area (Å²) in [4.78, 5) is 19.3. The SMILES string of the molecule is COc1ccc(-c2cc(C(F)F)n3ncc(C(=O)N4CCC[C@H](C)C4)c3n2)cc1. The lowest BCUT2D eigenvalue weighted by atomic mass is 10.00. The Bertz CT molecular complexity index is 1030. The van der Waals surface area contributed by atoms with Crippen LogP contribution in [0, 0.1) is 5.92 Å². The molecule has 1 atom stereocenters. The zero-order valence-electron chi connectivity index (χ0n) is 16.3. The molecule has 0 N–H and O–H groups in total. The van der Waals surface area contributed by atoms with Gasteiger partial charge in [0.1, 0.15) is 17.0 Å². The van der Waals surface area contributed by atoms with Crippen LogP contribution in [-0.2, 0) is 0 Å². The minimum atomic E-state index is -2.75. The molecule has 0 spiro atoms. The van der Waals surface area contributed by atoms with E-state index < -0.39 is 6.43 Å². The number of hydrogen-bond acceptors (Lipinski definition) is 4. The Kier molecular flexibility index (Phi) is 5.17. The van der Waals surface area contributed by atoms with Crippen LogP contribution in [0.25, 0.3) is 16.9 Å². The van der Waals surface area contributed by atoms with Gasteiger partial charge in [0.05, 0.1) is 19.0 Å². The number of piperidine rings is 1. The van der Waals surface area contributed by atoms with Gasteiger partial charge >= 0.3 is 0 Å². The van der Waals surface area contributed by atoms with Gasteiger partial charge in [0, 0.05) is 18.7 Å². The van der Waals surface area contributed by atoms with E-state index in [0.717, 1.165) is 17.4 Å². The molecule has 0 bridgehead atoms. The highest BCUT2D eigenvalue weighted by molar-refractivity contribution is 6.00. The Hall–Kier alpha value is -3.03. The molecule has 1 aliphatic heterocycles. The predicted molar refractivity (Wildman–Crippen MR) is 104 cm³/mol. The number of rotatable bonds is 4. The molecule has 1 amide bonds. The lowest BCUT2D eigenvalue weighted by molar-refractivity contribution is 0.0684. The summed E-state index contributed by atoms with van der Waals surface area (Å²) in [6.07, 6.45) is 0.593. The summed E-state index contributed by atoms with van der Waals surface area (Å²) < 4.78 is 33.7. The summed E-state index contributed by atoms with van der Waals surface area (Å²) in [5, 5.41) is 4.04. The summed E-state index contributed by atoms with van der Waals surface area (Å²) in [7, 11) is 1.56. The van der Waals surface area contributed by atoms with E-state index in [-0.39, 0.29) is 22.8 Å².